The Morgan fingerprint density at radius 3 is 2.37 bits per heavy atom. The van der Waals surface area contributed by atoms with E-state index in [0.717, 1.165) is 24.3 Å². The van der Waals surface area contributed by atoms with E-state index < -0.39 is 30.0 Å². The van der Waals surface area contributed by atoms with Crippen LogP contribution in [0.5, 0.6) is 17.2 Å². The quantitative estimate of drug-likeness (QED) is 0.633. The average molecular weight is 426 g/mol. The van der Waals surface area contributed by atoms with E-state index in [-0.39, 0.29) is 12.2 Å². The highest BCUT2D eigenvalue weighted by Crippen LogP contribution is 2.32. The molecule has 3 N–H and O–H groups in total. The van der Waals surface area contributed by atoms with Crippen LogP contribution in [-0.2, 0) is 9.59 Å². The summed E-state index contributed by atoms with van der Waals surface area (Å²) in [7, 11) is 0. The molecule has 1 atom stereocenters. The predicted molar refractivity (Wildman–Crippen MR) is 97.2 cm³/mol. The fraction of sp³-hybridized carbons (Fsp3) is 0.263. The van der Waals surface area contributed by atoms with Crippen molar-refractivity contribution in [2.45, 2.75) is 12.5 Å². The van der Waals surface area contributed by atoms with Crippen LogP contribution in [0.15, 0.2) is 42.5 Å². The van der Waals surface area contributed by atoms with Crippen molar-refractivity contribution in [2.24, 2.45) is 0 Å². The summed E-state index contributed by atoms with van der Waals surface area (Å²) in [6, 6.07) is 9.10. The smallest absolute Gasteiger partial charge is 0.486 e. The Balaban J connectivity index is 1.50. The molecule has 11 heteroatoms. The normalized spacial score (nSPS) is 13.9. The summed E-state index contributed by atoms with van der Waals surface area (Å²) in [6.45, 7) is 0.565. The van der Waals surface area contributed by atoms with Crippen LogP contribution in [0.3, 0.4) is 0 Å². The van der Waals surface area contributed by atoms with Crippen molar-refractivity contribution in [3.63, 3.8) is 0 Å². The van der Waals surface area contributed by atoms with Crippen LogP contribution >= 0.6 is 0 Å². The van der Waals surface area contributed by atoms with E-state index in [1.165, 1.54) is 0 Å². The van der Waals surface area contributed by atoms with Gasteiger partial charge < -0.3 is 30.0 Å². The molecule has 0 aliphatic carbocycles. The number of halogens is 3. The fourth-order valence-corrected chi connectivity index (χ4v) is 2.58. The number of aliphatic hydroxyl groups is 1. The standard InChI is InChI=1S/C19H17F3N2O6/c20-19(21,22)30-13-4-2-12(3-5-13)24-18(27)17(26)23-10-14(25)11-1-6-15-16(9-11)29-8-7-28-15/h1-6,9,14,25H,7-8,10H2,(H,23,26)(H,24,27)/t14-/m1/s1. The number of fused-ring (bicyclic) bond motifs is 1. The lowest BCUT2D eigenvalue weighted by molar-refractivity contribution is -0.274. The average Bonchev–Trinajstić information content (AvgIpc) is 2.71. The third kappa shape index (κ3) is 5.77. The zero-order valence-electron chi connectivity index (χ0n) is 15.4. The SMILES string of the molecule is O=C(NC[C@@H](O)c1ccc2c(c1)OCCO2)C(=O)Nc1ccc(OC(F)(F)F)cc1. The monoisotopic (exact) mass is 426 g/mol. The molecular formula is C19H17F3N2O6. The van der Waals surface area contributed by atoms with Gasteiger partial charge in [0, 0.05) is 12.2 Å². The molecular weight excluding hydrogens is 409 g/mol. The molecule has 2 amide bonds. The highest BCUT2D eigenvalue weighted by atomic mass is 19.4. The lowest BCUT2D eigenvalue weighted by Crippen LogP contribution is -2.37. The summed E-state index contributed by atoms with van der Waals surface area (Å²) in [6.07, 6.45) is -5.93. The van der Waals surface area contributed by atoms with E-state index in [1.54, 1.807) is 18.2 Å². The minimum Gasteiger partial charge on any atom is -0.486 e. The van der Waals surface area contributed by atoms with Gasteiger partial charge in [-0.3, -0.25) is 9.59 Å². The second-order valence-corrected chi connectivity index (χ2v) is 6.16. The summed E-state index contributed by atoms with van der Waals surface area (Å²) in [5.41, 5.74) is 0.553. The number of benzene rings is 2. The maximum Gasteiger partial charge on any atom is 0.573 e. The Kier molecular flexibility index (Phi) is 6.31. The van der Waals surface area contributed by atoms with E-state index in [2.05, 4.69) is 15.4 Å². The summed E-state index contributed by atoms with van der Waals surface area (Å²) in [5, 5.41) is 14.7. The Labute approximate surface area is 168 Å². The number of nitrogens with one attached hydrogen (secondary N) is 2. The number of amides is 2. The first-order chi connectivity index (χ1) is 14.2. The van der Waals surface area contributed by atoms with Crippen molar-refractivity contribution in [3.05, 3.63) is 48.0 Å². The number of carbonyl (C=O) groups is 2. The van der Waals surface area contributed by atoms with Gasteiger partial charge in [0.15, 0.2) is 11.5 Å². The molecule has 2 aromatic rings. The van der Waals surface area contributed by atoms with Crippen LogP contribution < -0.4 is 24.8 Å². The Morgan fingerprint density at radius 2 is 1.70 bits per heavy atom. The van der Waals surface area contributed by atoms with Crippen LogP contribution in [0, 0.1) is 0 Å². The molecule has 0 aromatic heterocycles. The van der Waals surface area contributed by atoms with Crippen molar-refractivity contribution in [1.29, 1.82) is 0 Å². The Hall–Kier alpha value is -3.47. The largest absolute Gasteiger partial charge is 0.573 e. The van der Waals surface area contributed by atoms with Crippen molar-refractivity contribution >= 4 is 17.5 Å². The van der Waals surface area contributed by atoms with E-state index in [9.17, 15) is 27.9 Å². The van der Waals surface area contributed by atoms with Gasteiger partial charge in [-0.1, -0.05) is 6.07 Å². The Bertz CT molecular complexity index is 917. The highest BCUT2D eigenvalue weighted by molar-refractivity contribution is 6.39. The number of carbonyl (C=O) groups excluding carboxylic acids is 2. The summed E-state index contributed by atoms with van der Waals surface area (Å²) >= 11 is 0. The van der Waals surface area contributed by atoms with E-state index in [0.29, 0.717) is 30.3 Å². The number of aliphatic hydroxyl groups excluding tert-OH is 1. The minimum absolute atomic E-state index is 0.0945. The van der Waals surface area contributed by atoms with Gasteiger partial charge in [0.2, 0.25) is 0 Å². The lowest BCUT2D eigenvalue weighted by atomic mass is 10.1. The first kappa shape index (κ1) is 21.2. The minimum atomic E-state index is -4.83. The number of rotatable bonds is 5. The van der Waals surface area contributed by atoms with E-state index >= 15 is 0 Å². The van der Waals surface area contributed by atoms with Gasteiger partial charge in [0.25, 0.3) is 0 Å². The fourth-order valence-electron chi connectivity index (χ4n) is 2.58. The topological polar surface area (TPSA) is 106 Å². The predicted octanol–water partition coefficient (Wildman–Crippen LogP) is 2.14. The number of hydrogen-bond acceptors (Lipinski definition) is 6. The van der Waals surface area contributed by atoms with Gasteiger partial charge in [0.05, 0.1) is 6.10 Å². The van der Waals surface area contributed by atoms with Crippen LogP contribution in [0.25, 0.3) is 0 Å². The molecule has 0 saturated heterocycles. The zero-order chi connectivity index (χ0) is 21.7. The van der Waals surface area contributed by atoms with Gasteiger partial charge in [-0.2, -0.15) is 0 Å². The van der Waals surface area contributed by atoms with Gasteiger partial charge in [-0.25, -0.2) is 0 Å². The molecule has 160 valence electrons. The van der Waals surface area contributed by atoms with Gasteiger partial charge in [0.1, 0.15) is 19.0 Å². The molecule has 2 aromatic carbocycles. The summed E-state index contributed by atoms with van der Waals surface area (Å²) in [5.74, 6) is -1.52. The molecule has 0 spiro atoms. The third-order valence-corrected chi connectivity index (χ3v) is 3.96. The second kappa shape index (κ2) is 8.91. The molecule has 0 fully saturated rings. The molecule has 8 nitrogen and oxygen atoms in total. The zero-order valence-corrected chi connectivity index (χ0v) is 15.4. The molecule has 30 heavy (non-hydrogen) atoms. The summed E-state index contributed by atoms with van der Waals surface area (Å²) in [4.78, 5) is 23.8. The van der Waals surface area contributed by atoms with Gasteiger partial charge in [-0.15, -0.1) is 13.2 Å². The first-order valence-electron chi connectivity index (χ1n) is 8.74. The molecule has 0 unspecified atom stereocenters. The molecule has 1 aliphatic rings. The maximum absolute atomic E-state index is 12.1. The van der Waals surface area contributed by atoms with Crippen molar-refractivity contribution in [3.8, 4) is 17.2 Å². The van der Waals surface area contributed by atoms with E-state index in [1.807, 2.05) is 0 Å². The maximum atomic E-state index is 12.1. The molecule has 1 aliphatic heterocycles. The molecule has 1 heterocycles. The van der Waals surface area contributed by atoms with Gasteiger partial charge >= 0.3 is 18.2 Å². The van der Waals surface area contributed by atoms with Crippen LogP contribution in [0.2, 0.25) is 0 Å². The number of ether oxygens (including phenoxy) is 3. The molecule has 3 rings (SSSR count). The van der Waals surface area contributed by atoms with Crippen molar-refractivity contribution < 1.29 is 42.1 Å². The number of anilines is 1. The number of alkyl halides is 3. The summed E-state index contributed by atoms with van der Waals surface area (Å²) < 4.78 is 50.9. The van der Waals surface area contributed by atoms with Crippen LogP contribution in [0.1, 0.15) is 11.7 Å². The van der Waals surface area contributed by atoms with Crippen molar-refractivity contribution in [1.82, 2.24) is 5.32 Å². The molecule has 0 bridgehead atoms. The Morgan fingerprint density at radius 1 is 1.03 bits per heavy atom. The third-order valence-electron chi connectivity index (χ3n) is 3.96. The van der Waals surface area contributed by atoms with E-state index in [4.69, 9.17) is 9.47 Å². The first-order valence-corrected chi connectivity index (χ1v) is 8.74. The highest BCUT2D eigenvalue weighted by Gasteiger charge is 2.31. The van der Waals surface area contributed by atoms with Gasteiger partial charge in [-0.05, 0) is 42.0 Å². The second-order valence-electron chi connectivity index (χ2n) is 6.16. The number of hydrogen-bond donors (Lipinski definition) is 3. The lowest BCUT2D eigenvalue weighted by Gasteiger charge is -2.20. The van der Waals surface area contributed by atoms with Crippen LogP contribution in [-0.4, -0.2) is 43.0 Å². The molecule has 0 saturated carbocycles. The molecule has 0 radical (unpaired) electrons. The van der Waals surface area contributed by atoms with Crippen molar-refractivity contribution in [2.75, 3.05) is 25.1 Å². The van der Waals surface area contributed by atoms with Crippen LogP contribution in [0.4, 0.5) is 18.9 Å².